The average Bonchev–Trinajstić information content (AvgIpc) is 3.18. The van der Waals surface area contributed by atoms with Crippen molar-refractivity contribution in [2.45, 2.75) is 26.3 Å². The van der Waals surface area contributed by atoms with Crippen molar-refractivity contribution in [3.8, 4) is 5.75 Å². The standard InChI is InChI=1S/C24H32N4O2.HI/c1-3-25-24(26-13-12-20-18-27-23-11-5-4-10-22(20)23)28-17-19-8-6-9-21(16-19)30-15-7-14-29-2;/h4-6,8-11,16,18,27H,3,7,12-15,17H2,1-2H3,(H2,25,26,28);1H. The fourth-order valence-electron chi connectivity index (χ4n) is 3.29. The summed E-state index contributed by atoms with van der Waals surface area (Å²) in [6, 6.07) is 16.5. The molecule has 3 aromatic rings. The van der Waals surface area contributed by atoms with Crippen LogP contribution in [0.2, 0.25) is 0 Å². The van der Waals surface area contributed by atoms with Crippen molar-refractivity contribution in [2.75, 3.05) is 33.4 Å². The summed E-state index contributed by atoms with van der Waals surface area (Å²) in [7, 11) is 1.70. The topological polar surface area (TPSA) is 70.7 Å². The summed E-state index contributed by atoms with van der Waals surface area (Å²) < 4.78 is 10.8. The van der Waals surface area contributed by atoms with Gasteiger partial charge in [-0.2, -0.15) is 0 Å². The Morgan fingerprint density at radius 1 is 1.06 bits per heavy atom. The summed E-state index contributed by atoms with van der Waals surface area (Å²) in [5.74, 6) is 1.69. The zero-order chi connectivity index (χ0) is 21.0. The third-order valence-corrected chi connectivity index (χ3v) is 4.79. The summed E-state index contributed by atoms with van der Waals surface area (Å²) in [6.07, 6.45) is 3.90. The fourth-order valence-corrected chi connectivity index (χ4v) is 3.29. The average molecular weight is 536 g/mol. The molecule has 0 aliphatic carbocycles. The summed E-state index contributed by atoms with van der Waals surface area (Å²) in [5, 5.41) is 8.04. The van der Waals surface area contributed by atoms with Crippen molar-refractivity contribution in [3.05, 3.63) is 65.9 Å². The third kappa shape index (κ3) is 8.06. The van der Waals surface area contributed by atoms with Crippen LogP contribution in [0.3, 0.4) is 0 Å². The monoisotopic (exact) mass is 536 g/mol. The molecule has 0 atom stereocenters. The number of ether oxygens (including phenoxy) is 2. The lowest BCUT2D eigenvalue weighted by molar-refractivity contribution is 0.172. The van der Waals surface area contributed by atoms with Crippen molar-refractivity contribution >= 4 is 40.8 Å². The van der Waals surface area contributed by atoms with Crippen LogP contribution in [-0.4, -0.2) is 44.4 Å². The highest BCUT2D eigenvalue weighted by molar-refractivity contribution is 14.0. The maximum atomic E-state index is 5.78. The number of methoxy groups -OCH3 is 1. The molecule has 168 valence electrons. The molecule has 0 aliphatic rings. The lowest BCUT2D eigenvalue weighted by Crippen LogP contribution is -2.38. The number of nitrogens with one attached hydrogen (secondary N) is 3. The molecule has 0 saturated heterocycles. The maximum Gasteiger partial charge on any atom is 0.191 e. The number of fused-ring (bicyclic) bond motifs is 1. The van der Waals surface area contributed by atoms with Crippen molar-refractivity contribution in [3.63, 3.8) is 0 Å². The van der Waals surface area contributed by atoms with Crippen molar-refractivity contribution in [2.24, 2.45) is 4.99 Å². The van der Waals surface area contributed by atoms with E-state index < -0.39 is 0 Å². The molecule has 1 heterocycles. The Morgan fingerprint density at radius 3 is 2.77 bits per heavy atom. The summed E-state index contributed by atoms with van der Waals surface area (Å²) >= 11 is 0. The van der Waals surface area contributed by atoms with E-state index in [1.165, 1.54) is 16.5 Å². The second kappa shape index (κ2) is 13.9. The lowest BCUT2D eigenvalue weighted by atomic mass is 10.1. The molecular formula is C24H33IN4O2. The van der Waals surface area contributed by atoms with Gasteiger partial charge >= 0.3 is 0 Å². The van der Waals surface area contributed by atoms with Gasteiger partial charge in [0.15, 0.2) is 5.96 Å². The molecule has 6 nitrogen and oxygen atoms in total. The Kier molecular flexibility index (Phi) is 11.2. The molecular weight excluding hydrogens is 503 g/mol. The molecule has 0 fully saturated rings. The minimum absolute atomic E-state index is 0. The van der Waals surface area contributed by atoms with Crippen LogP contribution in [0.15, 0.2) is 59.7 Å². The number of benzene rings is 2. The summed E-state index contributed by atoms with van der Waals surface area (Å²) in [4.78, 5) is 8.06. The molecule has 0 radical (unpaired) electrons. The zero-order valence-corrected chi connectivity index (χ0v) is 20.6. The van der Waals surface area contributed by atoms with Crippen LogP contribution in [0.5, 0.6) is 5.75 Å². The van der Waals surface area contributed by atoms with Gasteiger partial charge in [0.05, 0.1) is 13.2 Å². The second-order valence-electron chi connectivity index (χ2n) is 7.07. The van der Waals surface area contributed by atoms with E-state index >= 15 is 0 Å². The highest BCUT2D eigenvalue weighted by atomic mass is 127. The molecule has 0 unspecified atom stereocenters. The largest absolute Gasteiger partial charge is 0.493 e. The van der Waals surface area contributed by atoms with Gasteiger partial charge in [-0.05, 0) is 42.7 Å². The van der Waals surface area contributed by atoms with Gasteiger partial charge in [-0.25, -0.2) is 4.99 Å². The molecule has 0 bridgehead atoms. The molecule has 0 amide bonds. The molecule has 2 aromatic carbocycles. The van der Waals surface area contributed by atoms with E-state index in [1.54, 1.807) is 7.11 Å². The number of rotatable bonds is 11. The van der Waals surface area contributed by atoms with E-state index in [9.17, 15) is 0 Å². The first-order valence-corrected chi connectivity index (χ1v) is 10.6. The Morgan fingerprint density at radius 2 is 1.94 bits per heavy atom. The molecule has 0 spiro atoms. The van der Waals surface area contributed by atoms with Crippen LogP contribution >= 0.6 is 24.0 Å². The van der Waals surface area contributed by atoms with Crippen LogP contribution in [-0.2, 0) is 17.7 Å². The van der Waals surface area contributed by atoms with E-state index in [0.29, 0.717) is 19.8 Å². The number of para-hydroxylation sites is 1. The Bertz CT molecular complexity index is 942. The predicted octanol–water partition coefficient (Wildman–Crippen LogP) is 4.50. The zero-order valence-electron chi connectivity index (χ0n) is 18.3. The second-order valence-corrected chi connectivity index (χ2v) is 7.07. The number of hydrogen-bond acceptors (Lipinski definition) is 3. The number of aromatic nitrogens is 1. The van der Waals surface area contributed by atoms with Crippen molar-refractivity contribution < 1.29 is 9.47 Å². The molecule has 3 N–H and O–H groups in total. The van der Waals surface area contributed by atoms with Crippen molar-refractivity contribution in [1.29, 1.82) is 0 Å². The van der Waals surface area contributed by atoms with E-state index in [-0.39, 0.29) is 24.0 Å². The highest BCUT2D eigenvalue weighted by Gasteiger charge is 2.04. The number of hydrogen-bond donors (Lipinski definition) is 3. The molecule has 31 heavy (non-hydrogen) atoms. The van der Waals surface area contributed by atoms with Gasteiger partial charge in [0, 0.05) is 50.3 Å². The quantitative estimate of drug-likeness (QED) is 0.146. The Hall–Kier alpha value is -2.26. The Balaban J connectivity index is 0.00000341. The van der Waals surface area contributed by atoms with Gasteiger partial charge in [0.25, 0.3) is 0 Å². The van der Waals surface area contributed by atoms with Crippen LogP contribution in [0.1, 0.15) is 24.5 Å². The number of aromatic amines is 1. The van der Waals surface area contributed by atoms with Gasteiger partial charge in [0.2, 0.25) is 0 Å². The summed E-state index contributed by atoms with van der Waals surface area (Å²) in [5.41, 5.74) is 3.61. The van der Waals surface area contributed by atoms with E-state index in [4.69, 9.17) is 14.5 Å². The molecule has 3 rings (SSSR count). The van der Waals surface area contributed by atoms with Crippen LogP contribution in [0.25, 0.3) is 10.9 Å². The SMILES string of the molecule is CCNC(=NCc1cccc(OCCCOC)c1)NCCc1c[nH]c2ccccc12.I. The molecule has 1 aromatic heterocycles. The van der Waals surface area contributed by atoms with Gasteiger partial charge in [-0.3, -0.25) is 0 Å². The first-order chi connectivity index (χ1) is 14.8. The lowest BCUT2D eigenvalue weighted by Gasteiger charge is -2.11. The summed E-state index contributed by atoms with van der Waals surface area (Å²) in [6.45, 7) is 5.67. The predicted molar refractivity (Wildman–Crippen MR) is 139 cm³/mol. The van der Waals surface area contributed by atoms with E-state index in [1.807, 2.05) is 18.2 Å². The Labute approximate surface area is 201 Å². The number of H-pyrrole nitrogens is 1. The minimum Gasteiger partial charge on any atom is -0.493 e. The van der Waals surface area contributed by atoms with Crippen LogP contribution in [0.4, 0.5) is 0 Å². The third-order valence-electron chi connectivity index (χ3n) is 4.79. The normalized spacial score (nSPS) is 11.2. The number of guanidine groups is 1. The van der Waals surface area contributed by atoms with Gasteiger partial charge in [-0.15, -0.1) is 24.0 Å². The minimum atomic E-state index is 0. The smallest absolute Gasteiger partial charge is 0.191 e. The van der Waals surface area contributed by atoms with Crippen molar-refractivity contribution in [1.82, 2.24) is 15.6 Å². The van der Waals surface area contributed by atoms with Crippen LogP contribution in [0, 0.1) is 0 Å². The van der Waals surface area contributed by atoms with E-state index in [2.05, 4.69) is 59.1 Å². The number of halogens is 1. The van der Waals surface area contributed by atoms with Gasteiger partial charge < -0.3 is 25.1 Å². The van der Waals surface area contributed by atoms with Gasteiger partial charge in [-0.1, -0.05) is 30.3 Å². The van der Waals surface area contributed by atoms with E-state index in [0.717, 1.165) is 43.2 Å². The first-order valence-electron chi connectivity index (χ1n) is 10.6. The van der Waals surface area contributed by atoms with Crippen LogP contribution < -0.4 is 15.4 Å². The number of aliphatic imine (C=N–C) groups is 1. The first kappa shape index (κ1) is 25.0. The number of nitrogens with zero attached hydrogens (tertiary/aromatic N) is 1. The highest BCUT2D eigenvalue weighted by Crippen LogP contribution is 2.17. The molecule has 0 saturated carbocycles. The maximum absolute atomic E-state index is 5.78. The fraction of sp³-hybridized carbons (Fsp3) is 0.375. The molecule has 0 aliphatic heterocycles. The molecule has 7 heteroatoms. The van der Waals surface area contributed by atoms with Gasteiger partial charge in [0.1, 0.15) is 5.75 Å².